The number of Topliss-reactive ketones (excluding diaryl/α,β-unsaturated/α-hetero) is 2. The Bertz CT molecular complexity index is 3170. The number of hydrogen-bond donors (Lipinski definition) is 0. The summed E-state index contributed by atoms with van der Waals surface area (Å²) in [7, 11) is 2.59. The topological polar surface area (TPSA) is 162 Å². The number of ether oxygens (including phenoxy) is 2. The van der Waals surface area contributed by atoms with Gasteiger partial charge in [0, 0.05) is 34.0 Å². The number of nitrogens with zero attached hydrogens (tertiary/aromatic N) is 5. The lowest BCUT2D eigenvalue weighted by molar-refractivity contribution is -0.491. The molecule has 8 rings (SSSR count). The predicted octanol–water partition coefficient (Wildman–Crippen LogP) is 12.0. The van der Waals surface area contributed by atoms with Crippen LogP contribution >= 0.6 is 23.2 Å². The molecule has 4 heterocycles. The molecule has 0 fully saturated rings. The molecule has 2 aromatic heterocycles. The van der Waals surface area contributed by atoms with Crippen LogP contribution in [0.15, 0.2) is 73.1 Å². The van der Waals surface area contributed by atoms with Gasteiger partial charge < -0.3 is 9.47 Å². The lowest BCUT2D eigenvalue weighted by Crippen LogP contribution is -2.50. The van der Waals surface area contributed by atoms with Crippen molar-refractivity contribution >= 4 is 69.3 Å². The quantitative estimate of drug-likeness (QED) is 0.0590. The highest BCUT2D eigenvalue weighted by Gasteiger charge is 2.51. The molecule has 0 aliphatic carbocycles. The third-order valence-electron chi connectivity index (χ3n) is 11.6. The molecule has 69 heavy (non-hydrogen) atoms. The summed E-state index contributed by atoms with van der Waals surface area (Å²) in [5.41, 5.74) is -0.0389. The van der Waals surface area contributed by atoms with Crippen LogP contribution in [-0.2, 0) is 9.59 Å². The Labute approximate surface area is 402 Å². The zero-order chi connectivity index (χ0) is 50.5. The second-order valence-corrected chi connectivity index (χ2v) is 17.4. The summed E-state index contributed by atoms with van der Waals surface area (Å²) >= 11 is 12.7. The molecule has 0 radical (unpaired) electrons. The molecule has 2 aliphatic heterocycles. The molecule has 2 amide bonds. The van der Waals surface area contributed by atoms with Gasteiger partial charge in [-0.25, -0.2) is 17.6 Å². The molecule has 6 aromatic rings. The van der Waals surface area contributed by atoms with E-state index in [1.807, 2.05) is 13.8 Å². The number of rotatable bonds is 9. The van der Waals surface area contributed by atoms with Crippen LogP contribution in [-0.4, -0.2) is 58.5 Å². The molecule has 0 saturated heterocycles. The van der Waals surface area contributed by atoms with Crippen molar-refractivity contribution < 1.29 is 51.1 Å². The molecule has 1 unspecified atom stereocenters. The zero-order valence-corrected chi connectivity index (χ0v) is 39.6. The van der Waals surface area contributed by atoms with Crippen molar-refractivity contribution in [3.8, 4) is 33.8 Å². The molecule has 0 saturated carbocycles. The minimum absolute atomic E-state index is 0.0423. The second-order valence-electron chi connectivity index (χ2n) is 16.6. The number of ketones is 2. The number of amides is 2. The van der Waals surface area contributed by atoms with E-state index in [1.165, 1.54) is 55.6 Å². The van der Waals surface area contributed by atoms with Crippen LogP contribution in [0.2, 0.25) is 10.0 Å². The molecule has 1 atom stereocenters. The van der Waals surface area contributed by atoms with Gasteiger partial charge in [-0.3, -0.25) is 49.1 Å². The van der Waals surface area contributed by atoms with Gasteiger partial charge in [-0.15, -0.1) is 0 Å². The highest BCUT2D eigenvalue weighted by molar-refractivity contribution is 6.36. The first kappa shape index (κ1) is 49.7. The van der Waals surface area contributed by atoms with E-state index in [1.54, 1.807) is 46.0 Å². The fourth-order valence-corrected chi connectivity index (χ4v) is 9.06. The molecule has 356 valence electrons. The van der Waals surface area contributed by atoms with Gasteiger partial charge >= 0.3 is 11.9 Å². The van der Waals surface area contributed by atoms with Gasteiger partial charge in [0.05, 0.1) is 81.5 Å². The van der Waals surface area contributed by atoms with E-state index in [9.17, 15) is 38.1 Å². The zero-order valence-electron chi connectivity index (χ0n) is 38.1. The summed E-state index contributed by atoms with van der Waals surface area (Å²) < 4.78 is 72.9. The summed E-state index contributed by atoms with van der Waals surface area (Å²) in [6.07, 6.45) is 2.66. The van der Waals surface area contributed by atoms with Gasteiger partial charge in [0.2, 0.25) is 11.7 Å². The van der Waals surface area contributed by atoms with Gasteiger partial charge in [0.15, 0.2) is 17.4 Å². The number of fused-ring (bicyclic) bond motifs is 2. The molecule has 19 heteroatoms. The Hall–Kier alpha value is -7.24. The Kier molecular flexibility index (Phi) is 14.0. The van der Waals surface area contributed by atoms with Crippen molar-refractivity contribution in [2.75, 3.05) is 24.0 Å². The Morgan fingerprint density at radius 2 is 1.10 bits per heavy atom. The van der Waals surface area contributed by atoms with Crippen molar-refractivity contribution in [2.24, 2.45) is 0 Å². The lowest BCUT2D eigenvalue weighted by Gasteiger charge is -2.33. The van der Waals surface area contributed by atoms with E-state index in [0.717, 1.165) is 23.1 Å². The standard InChI is InChI=1S/C25H20ClF2N3O5.C25H21ClF2N2O3/c1-11(2)20-21(12(3)8-9-29-20)30-22-13(24(32)23(25(30)33)31(34)35)10-14(26)17(19(22)28)18-15(27)6-5-7-16(18)36-4;1-12(2)23-24(13(3)8-9-29-23)30-19(32)11-17(31)14-10-15(26)20(22(28)25(14)30)21-16(27)6-5-7-18(21)33-4/h5-11,23H,1-4H3;5-10,12H,11H2,1-4H3. The maximum atomic E-state index is 16.4. The molecular weight excluding hydrogens is 945 g/mol. The number of hydrogen-bond acceptors (Lipinski definition) is 10. The number of methoxy groups -OCH3 is 2. The van der Waals surface area contributed by atoms with Crippen LogP contribution in [0, 0.1) is 47.2 Å². The van der Waals surface area contributed by atoms with E-state index >= 15 is 8.78 Å². The van der Waals surface area contributed by atoms with Gasteiger partial charge in [-0.1, -0.05) is 63.0 Å². The number of anilines is 4. The second kappa shape index (κ2) is 19.4. The first-order chi connectivity index (χ1) is 32.7. The van der Waals surface area contributed by atoms with Crippen LogP contribution in [0.5, 0.6) is 11.5 Å². The predicted molar refractivity (Wildman–Crippen MR) is 251 cm³/mol. The van der Waals surface area contributed by atoms with Crippen molar-refractivity contribution in [3.63, 3.8) is 0 Å². The minimum atomic E-state index is -2.32. The molecule has 0 bridgehead atoms. The number of pyridine rings is 2. The summed E-state index contributed by atoms with van der Waals surface area (Å²) in [4.78, 5) is 73.9. The number of carbonyl (C=O) groups excluding carboxylic acids is 4. The number of nitro groups is 1. The lowest BCUT2D eigenvalue weighted by atomic mass is 9.90. The van der Waals surface area contributed by atoms with Crippen LogP contribution in [0.3, 0.4) is 0 Å². The number of aromatic nitrogens is 2. The van der Waals surface area contributed by atoms with Gasteiger partial charge in [0.25, 0.3) is 0 Å². The van der Waals surface area contributed by atoms with E-state index in [4.69, 9.17) is 32.7 Å². The molecule has 2 aliphatic rings. The summed E-state index contributed by atoms with van der Waals surface area (Å²) in [5.74, 6) is -7.79. The van der Waals surface area contributed by atoms with E-state index in [-0.39, 0.29) is 67.0 Å². The first-order valence-corrected chi connectivity index (χ1v) is 21.9. The fraction of sp³-hybridized carbons (Fsp3) is 0.240. The van der Waals surface area contributed by atoms with Crippen molar-refractivity contribution in [2.45, 2.75) is 65.8 Å². The van der Waals surface area contributed by atoms with Crippen LogP contribution < -0.4 is 19.3 Å². The maximum Gasteiger partial charge on any atom is 0.352 e. The fourth-order valence-electron chi connectivity index (χ4n) is 8.49. The molecule has 0 N–H and O–H groups in total. The number of benzene rings is 4. The summed E-state index contributed by atoms with van der Waals surface area (Å²) in [5, 5.41) is 11.2. The van der Waals surface area contributed by atoms with Crippen LogP contribution in [0.25, 0.3) is 22.3 Å². The highest BCUT2D eigenvalue weighted by Crippen LogP contribution is 2.50. The SMILES string of the molecule is COc1cccc(F)c1-c1c(Cl)cc2c(c1F)N(c1c(C)ccnc1C(C)C)C(=O)C([N+](=O)[O-])C2=O.COc1cccc(F)c1-c1c(Cl)cc2c(c1F)N(c1c(C)ccnc1C(C)C)C(=O)CC2=O. The van der Waals surface area contributed by atoms with Crippen molar-refractivity contribution in [3.05, 3.63) is 150 Å². The minimum Gasteiger partial charge on any atom is -0.496 e. The summed E-state index contributed by atoms with van der Waals surface area (Å²) in [6, 6.07) is 11.1. The van der Waals surface area contributed by atoms with E-state index < -0.39 is 80.8 Å². The molecule has 0 spiro atoms. The van der Waals surface area contributed by atoms with Crippen molar-refractivity contribution in [1.29, 1.82) is 0 Å². The van der Waals surface area contributed by atoms with E-state index in [2.05, 4.69) is 9.97 Å². The smallest absolute Gasteiger partial charge is 0.352 e. The number of carbonyl (C=O) groups is 4. The van der Waals surface area contributed by atoms with E-state index in [0.29, 0.717) is 28.2 Å². The van der Waals surface area contributed by atoms with Gasteiger partial charge in [0.1, 0.15) is 23.1 Å². The van der Waals surface area contributed by atoms with Crippen LogP contribution in [0.4, 0.5) is 40.3 Å². The number of halogens is 6. The maximum absolute atomic E-state index is 16.4. The Balaban J connectivity index is 0.000000205. The highest BCUT2D eigenvalue weighted by atomic mass is 35.5. The number of aryl methyl sites for hydroxylation is 2. The molecule has 13 nitrogen and oxygen atoms in total. The average Bonchev–Trinajstić information content (AvgIpc) is 3.28. The normalized spacial score (nSPS) is 14.5. The average molecular weight is 987 g/mol. The summed E-state index contributed by atoms with van der Waals surface area (Å²) in [6.45, 7) is 10.8. The van der Waals surface area contributed by atoms with Crippen molar-refractivity contribution in [1.82, 2.24) is 9.97 Å². The monoisotopic (exact) mass is 985 g/mol. The third-order valence-corrected chi connectivity index (χ3v) is 12.2. The largest absolute Gasteiger partial charge is 0.496 e. The molecule has 4 aromatic carbocycles. The van der Waals surface area contributed by atoms with Gasteiger partial charge in [-0.05, 0) is 85.3 Å². The first-order valence-electron chi connectivity index (χ1n) is 21.2. The third kappa shape index (κ3) is 8.54. The Morgan fingerprint density at radius 3 is 1.54 bits per heavy atom. The Morgan fingerprint density at radius 1 is 0.667 bits per heavy atom. The molecular formula is C50H41Cl2F4N5O8. The van der Waals surface area contributed by atoms with Gasteiger partial charge in [-0.2, -0.15) is 0 Å². The van der Waals surface area contributed by atoms with Crippen LogP contribution in [0.1, 0.15) is 89.2 Å².